The molecule has 0 aliphatic carbocycles. The van der Waals surface area contributed by atoms with Crippen molar-refractivity contribution in [1.82, 2.24) is 15.2 Å². The fourth-order valence-electron chi connectivity index (χ4n) is 3.35. The summed E-state index contributed by atoms with van der Waals surface area (Å²) in [6.07, 6.45) is -0.753. The number of hydrogen-bond acceptors (Lipinski definition) is 12. The van der Waals surface area contributed by atoms with E-state index in [2.05, 4.69) is 20.8 Å². The number of thioether (sulfide) groups is 2. The lowest BCUT2D eigenvalue weighted by Gasteiger charge is -2.49. The number of anilines is 1. The smallest absolute Gasteiger partial charge is 0.353 e. The van der Waals surface area contributed by atoms with Crippen molar-refractivity contribution >= 4 is 75.9 Å². The summed E-state index contributed by atoms with van der Waals surface area (Å²) in [7, 11) is 0. The molecule has 3 heterocycles. The molecule has 3 amide bonds. The number of thiazole rings is 1. The normalized spacial score (nSPS) is 20.2. The van der Waals surface area contributed by atoms with Gasteiger partial charge in [0.2, 0.25) is 12.5 Å². The number of esters is 1. The van der Waals surface area contributed by atoms with Crippen molar-refractivity contribution in [1.29, 1.82) is 0 Å². The van der Waals surface area contributed by atoms with Crippen molar-refractivity contribution in [2.45, 2.75) is 57.7 Å². The molecule has 1 aromatic heterocycles. The number of amides is 3. The Morgan fingerprint density at radius 1 is 1.39 bits per heavy atom. The highest BCUT2D eigenvalue weighted by molar-refractivity contribution is 8.06. The standard InChI is InChI=1S/C22H27N5O8S3/c1-6-36-12-8-37-18-14(17(30)27(18)15(12)19(31)32)25-16(29)13(11-7-38-21(24-11)23-9-28)26-35-10(2)20(33)34-22(3,4)5/h7,9-10,14,18H,6,8H2,1-5H3,(H,25,29)(H,31,32)(H,23,24,28)/t10?,14?,18-/m0/s1. The summed E-state index contributed by atoms with van der Waals surface area (Å²) < 4.78 is 5.25. The predicted octanol–water partition coefficient (Wildman–Crippen LogP) is 1.61. The summed E-state index contributed by atoms with van der Waals surface area (Å²) in [5, 5.41) is 19.5. The first kappa shape index (κ1) is 29.4. The average Bonchev–Trinajstić information content (AvgIpc) is 3.29. The van der Waals surface area contributed by atoms with Crippen molar-refractivity contribution in [3.05, 3.63) is 21.7 Å². The molecule has 3 atom stereocenters. The maximum absolute atomic E-state index is 13.3. The van der Waals surface area contributed by atoms with Gasteiger partial charge in [0.1, 0.15) is 28.4 Å². The van der Waals surface area contributed by atoms with Crippen LogP contribution in [-0.2, 0) is 33.5 Å². The van der Waals surface area contributed by atoms with Gasteiger partial charge in [0.25, 0.3) is 11.8 Å². The van der Waals surface area contributed by atoms with E-state index in [9.17, 15) is 29.1 Å². The first-order valence-corrected chi connectivity index (χ1v) is 14.3. The topological polar surface area (TPSA) is 177 Å². The Balaban J connectivity index is 1.82. The Kier molecular flexibility index (Phi) is 9.43. The highest BCUT2D eigenvalue weighted by Crippen LogP contribution is 2.43. The van der Waals surface area contributed by atoms with Crippen molar-refractivity contribution in [2.24, 2.45) is 5.16 Å². The summed E-state index contributed by atoms with van der Waals surface area (Å²) >= 11 is 3.71. The molecule has 2 aliphatic heterocycles. The number of carboxylic acid groups (broad SMARTS) is 1. The third kappa shape index (κ3) is 6.66. The molecule has 3 rings (SSSR count). The second-order valence-corrected chi connectivity index (χ2v) is 12.2. The summed E-state index contributed by atoms with van der Waals surface area (Å²) in [6.45, 7) is 8.34. The largest absolute Gasteiger partial charge is 0.477 e. The van der Waals surface area contributed by atoms with E-state index >= 15 is 0 Å². The number of nitrogens with zero attached hydrogens (tertiary/aromatic N) is 3. The van der Waals surface area contributed by atoms with Crippen LogP contribution in [0.5, 0.6) is 0 Å². The van der Waals surface area contributed by atoms with Gasteiger partial charge in [0, 0.05) is 16.0 Å². The summed E-state index contributed by atoms with van der Waals surface area (Å²) in [6, 6.07) is -1.02. The van der Waals surface area contributed by atoms with Crippen LogP contribution in [0.1, 0.15) is 40.3 Å². The van der Waals surface area contributed by atoms with Crippen LogP contribution < -0.4 is 10.6 Å². The van der Waals surface area contributed by atoms with E-state index in [-0.39, 0.29) is 22.2 Å². The van der Waals surface area contributed by atoms with Gasteiger partial charge in [-0.3, -0.25) is 19.3 Å². The number of nitrogens with one attached hydrogen (secondary N) is 2. The molecule has 0 radical (unpaired) electrons. The first-order chi connectivity index (χ1) is 17.9. The van der Waals surface area contributed by atoms with Gasteiger partial charge in [0.05, 0.1) is 0 Å². The predicted molar refractivity (Wildman–Crippen MR) is 143 cm³/mol. The summed E-state index contributed by atoms with van der Waals surface area (Å²) in [4.78, 5) is 72.2. The first-order valence-electron chi connectivity index (χ1n) is 11.4. The van der Waals surface area contributed by atoms with E-state index in [1.54, 1.807) is 20.8 Å². The molecule has 0 saturated carbocycles. The molecule has 3 N–H and O–H groups in total. The van der Waals surface area contributed by atoms with Crippen LogP contribution in [0.25, 0.3) is 0 Å². The fourth-order valence-corrected chi connectivity index (χ4v) is 6.41. The number of rotatable bonds is 11. The molecular formula is C22H27N5O8S3. The molecule has 206 valence electrons. The van der Waals surface area contributed by atoms with Crippen molar-refractivity contribution in [2.75, 3.05) is 16.8 Å². The maximum Gasteiger partial charge on any atom is 0.353 e. The number of carbonyl (C=O) groups is 5. The molecule has 1 saturated heterocycles. The summed E-state index contributed by atoms with van der Waals surface area (Å²) in [5.41, 5.74) is -1.17. The van der Waals surface area contributed by atoms with Crippen molar-refractivity contribution in [3.8, 4) is 0 Å². The Labute approximate surface area is 230 Å². The van der Waals surface area contributed by atoms with E-state index < -0.39 is 46.9 Å². The number of carbonyl (C=O) groups excluding carboxylic acids is 4. The van der Waals surface area contributed by atoms with Gasteiger partial charge >= 0.3 is 11.9 Å². The zero-order valence-corrected chi connectivity index (χ0v) is 23.6. The third-order valence-corrected chi connectivity index (χ3v) is 8.14. The zero-order chi connectivity index (χ0) is 28.2. The molecule has 0 aromatic carbocycles. The van der Waals surface area contributed by atoms with Gasteiger partial charge in [-0.2, -0.15) is 0 Å². The number of oxime groups is 1. The Bertz CT molecular complexity index is 1190. The van der Waals surface area contributed by atoms with Crippen LogP contribution >= 0.6 is 34.9 Å². The van der Waals surface area contributed by atoms with Crippen molar-refractivity contribution < 1.29 is 38.7 Å². The van der Waals surface area contributed by atoms with Crippen LogP contribution in [0.3, 0.4) is 0 Å². The van der Waals surface area contributed by atoms with Crippen LogP contribution in [0.4, 0.5) is 5.13 Å². The Morgan fingerprint density at radius 3 is 2.71 bits per heavy atom. The van der Waals surface area contributed by atoms with E-state index in [4.69, 9.17) is 9.57 Å². The number of fused-ring (bicyclic) bond motifs is 1. The zero-order valence-electron chi connectivity index (χ0n) is 21.2. The molecule has 2 aliphatic rings. The van der Waals surface area contributed by atoms with Gasteiger partial charge in [-0.25, -0.2) is 14.6 Å². The SMILES string of the molecule is CCSC1=C(C(=O)O)N2C(=O)C(NC(=O)C(=NOC(C)C(=O)OC(C)(C)C)c3csc(NC=O)n3)[C@@H]2SC1. The highest BCUT2D eigenvalue weighted by Gasteiger charge is 2.54. The number of carboxylic acids is 1. The lowest BCUT2D eigenvalue weighted by molar-refractivity contribution is -0.167. The maximum atomic E-state index is 13.3. The monoisotopic (exact) mass is 585 g/mol. The van der Waals surface area contributed by atoms with Gasteiger partial charge < -0.3 is 25.3 Å². The van der Waals surface area contributed by atoms with Gasteiger partial charge in [-0.15, -0.1) is 34.9 Å². The molecule has 16 heteroatoms. The molecule has 1 aromatic rings. The van der Waals surface area contributed by atoms with Gasteiger partial charge in [-0.05, 0) is 33.4 Å². The Hall–Kier alpha value is -3.11. The average molecular weight is 586 g/mol. The van der Waals surface area contributed by atoms with Crippen LogP contribution in [0, 0.1) is 0 Å². The quantitative estimate of drug-likeness (QED) is 0.113. The second-order valence-electron chi connectivity index (χ2n) is 8.89. The molecule has 38 heavy (non-hydrogen) atoms. The molecule has 13 nitrogen and oxygen atoms in total. The minimum atomic E-state index is -1.21. The van der Waals surface area contributed by atoms with E-state index in [0.717, 1.165) is 11.3 Å². The van der Waals surface area contributed by atoms with Crippen molar-refractivity contribution in [3.63, 3.8) is 0 Å². The van der Waals surface area contributed by atoms with E-state index in [0.29, 0.717) is 22.8 Å². The van der Waals surface area contributed by atoms with Crippen LogP contribution in [0.15, 0.2) is 21.1 Å². The molecule has 2 unspecified atom stereocenters. The minimum Gasteiger partial charge on any atom is -0.477 e. The molecule has 0 bridgehead atoms. The molecule has 0 spiro atoms. The van der Waals surface area contributed by atoms with Gasteiger partial charge in [0.15, 0.2) is 10.8 Å². The summed E-state index contributed by atoms with van der Waals surface area (Å²) in [5.74, 6) is -2.31. The number of aromatic nitrogens is 1. The number of aliphatic carboxylic acids is 1. The second kappa shape index (κ2) is 12.2. The number of ether oxygens (including phenoxy) is 1. The van der Waals surface area contributed by atoms with Crippen LogP contribution in [0.2, 0.25) is 0 Å². The minimum absolute atomic E-state index is 0.0286. The molecular weight excluding hydrogens is 558 g/mol. The fraction of sp³-hybridized carbons (Fsp3) is 0.500. The van der Waals surface area contributed by atoms with E-state index in [1.165, 1.54) is 40.7 Å². The Morgan fingerprint density at radius 2 is 2.11 bits per heavy atom. The molecule has 1 fully saturated rings. The van der Waals surface area contributed by atoms with Gasteiger partial charge in [-0.1, -0.05) is 12.1 Å². The number of β-lactam (4-membered cyclic amide) rings is 1. The lowest BCUT2D eigenvalue weighted by atomic mass is 10.0. The van der Waals surface area contributed by atoms with Crippen LogP contribution in [-0.4, -0.2) is 85.5 Å². The lowest BCUT2D eigenvalue weighted by Crippen LogP contribution is -2.71. The third-order valence-electron chi connectivity index (χ3n) is 4.93. The number of hydrogen-bond donors (Lipinski definition) is 3. The van der Waals surface area contributed by atoms with E-state index in [1.807, 2.05) is 6.92 Å². The highest BCUT2D eigenvalue weighted by atomic mass is 32.2.